The van der Waals surface area contributed by atoms with E-state index in [0.29, 0.717) is 10.9 Å². The van der Waals surface area contributed by atoms with E-state index in [1.807, 2.05) is 24.3 Å². The summed E-state index contributed by atoms with van der Waals surface area (Å²) < 4.78 is 5.21. The third-order valence-electron chi connectivity index (χ3n) is 4.42. The molecule has 0 aliphatic heterocycles. The van der Waals surface area contributed by atoms with Crippen molar-refractivity contribution in [2.45, 2.75) is 44.9 Å². The van der Waals surface area contributed by atoms with Gasteiger partial charge in [-0.25, -0.2) is 0 Å². The molecule has 0 radical (unpaired) electrons. The number of rotatable bonds is 4. The minimum absolute atomic E-state index is 0.385. The first-order valence-corrected chi connectivity index (χ1v) is 8.12. The Morgan fingerprint density at radius 3 is 2.81 bits per heavy atom. The molecule has 2 aromatic rings. The highest BCUT2D eigenvalue weighted by Gasteiger charge is 2.19. The molecule has 1 aromatic carbocycles. The van der Waals surface area contributed by atoms with Gasteiger partial charge in [-0.2, -0.15) is 0 Å². The maximum absolute atomic E-state index is 6.07. The normalized spacial score (nSPS) is 16.2. The van der Waals surface area contributed by atoms with Crippen LogP contribution < -0.4 is 5.73 Å². The van der Waals surface area contributed by atoms with Gasteiger partial charge in [0.25, 0.3) is 0 Å². The number of nitrogen functional groups attached to an aromatic ring is 1. The molecule has 1 saturated carbocycles. The highest BCUT2D eigenvalue weighted by molar-refractivity contribution is 6.30. The molecule has 2 N–H and O–H groups in total. The fourth-order valence-electron chi connectivity index (χ4n) is 3.28. The number of anilines is 1. The summed E-state index contributed by atoms with van der Waals surface area (Å²) in [6.45, 7) is 0. The summed E-state index contributed by atoms with van der Waals surface area (Å²) in [5.74, 6) is 1.21. The molecule has 0 amide bonds. The van der Waals surface area contributed by atoms with Crippen LogP contribution in [0.2, 0.25) is 5.02 Å². The molecule has 0 saturated heterocycles. The largest absolute Gasteiger partial charge is 0.367 e. The first kappa shape index (κ1) is 14.5. The monoisotopic (exact) mass is 304 g/mol. The molecule has 112 valence electrons. The van der Waals surface area contributed by atoms with Crippen LogP contribution in [0, 0.1) is 5.92 Å². The second-order valence-corrected chi connectivity index (χ2v) is 6.36. The summed E-state index contributed by atoms with van der Waals surface area (Å²) in [6, 6.07) is 7.69. The van der Waals surface area contributed by atoms with Gasteiger partial charge in [-0.3, -0.25) is 0 Å². The molecule has 3 nitrogen and oxygen atoms in total. The minimum atomic E-state index is 0.385. The van der Waals surface area contributed by atoms with E-state index >= 15 is 0 Å². The Balaban J connectivity index is 1.77. The highest BCUT2D eigenvalue weighted by Crippen LogP contribution is 2.34. The first-order chi connectivity index (χ1) is 10.2. The molecule has 0 unspecified atom stereocenters. The molecule has 1 fully saturated rings. The Morgan fingerprint density at radius 1 is 1.24 bits per heavy atom. The van der Waals surface area contributed by atoms with Crippen molar-refractivity contribution < 1.29 is 4.52 Å². The topological polar surface area (TPSA) is 52.0 Å². The predicted molar refractivity (Wildman–Crippen MR) is 86.3 cm³/mol. The fraction of sp³-hybridized carbons (Fsp3) is 0.471. The second-order valence-electron chi connectivity index (χ2n) is 5.92. The van der Waals surface area contributed by atoms with E-state index in [2.05, 4.69) is 5.16 Å². The number of nitrogens with zero attached hydrogens (tertiary/aromatic N) is 1. The van der Waals surface area contributed by atoms with Crippen LogP contribution >= 0.6 is 11.6 Å². The van der Waals surface area contributed by atoms with Crippen molar-refractivity contribution in [2.24, 2.45) is 5.92 Å². The number of aryl methyl sites for hydroxylation is 1. The van der Waals surface area contributed by atoms with Gasteiger partial charge in [-0.05, 0) is 36.5 Å². The van der Waals surface area contributed by atoms with Crippen molar-refractivity contribution in [1.82, 2.24) is 5.16 Å². The van der Waals surface area contributed by atoms with E-state index in [9.17, 15) is 0 Å². The van der Waals surface area contributed by atoms with Crippen LogP contribution in [-0.4, -0.2) is 5.16 Å². The summed E-state index contributed by atoms with van der Waals surface area (Å²) in [7, 11) is 0. The van der Waals surface area contributed by atoms with Crippen LogP contribution in [0.4, 0.5) is 5.88 Å². The zero-order valence-electron chi connectivity index (χ0n) is 12.1. The molecule has 0 atom stereocenters. The van der Waals surface area contributed by atoms with Gasteiger partial charge in [0.15, 0.2) is 0 Å². The minimum Gasteiger partial charge on any atom is -0.367 e. The molecule has 1 aromatic heterocycles. The smallest absolute Gasteiger partial charge is 0.230 e. The first-order valence-electron chi connectivity index (χ1n) is 7.74. The SMILES string of the molecule is Nc1onc(CCC2CCCCC2)c1-c1cccc(Cl)c1. The van der Waals surface area contributed by atoms with E-state index in [-0.39, 0.29) is 0 Å². The van der Waals surface area contributed by atoms with Gasteiger partial charge in [0, 0.05) is 5.02 Å². The summed E-state index contributed by atoms with van der Waals surface area (Å²) in [5, 5.41) is 4.86. The summed E-state index contributed by atoms with van der Waals surface area (Å²) in [5.41, 5.74) is 8.82. The molecule has 1 heterocycles. The van der Waals surface area contributed by atoms with Crippen LogP contribution in [0.1, 0.15) is 44.2 Å². The maximum Gasteiger partial charge on any atom is 0.230 e. The Morgan fingerprint density at radius 2 is 2.05 bits per heavy atom. The lowest BCUT2D eigenvalue weighted by atomic mass is 9.85. The van der Waals surface area contributed by atoms with Crippen molar-refractivity contribution in [2.75, 3.05) is 5.73 Å². The van der Waals surface area contributed by atoms with Gasteiger partial charge in [0.05, 0.1) is 11.3 Å². The molecule has 1 aliphatic rings. The molecule has 4 heteroatoms. The van der Waals surface area contributed by atoms with Crippen molar-refractivity contribution >= 4 is 17.5 Å². The van der Waals surface area contributed by atoms with Gasteiger partial charge < -0.3 is 10.3 Å². The van der Waals surface area contributed by atoms with E-state index in [0.717, 1.165) is 29.2 Å². The summed E-state index contributed by atoms with van der Waals surface area (Å²) >= 11 is 6.07. The second kappa shape index (κ2) is 6.52. The lowest BCUT2D eigenvalue weighted by Crippen LogP contribution is -2.07. The van der Waals surface area contributed by atoms with E-state index in [4.69, 9.17) is 21.9 Å². The van der Waals surface area contributed by atoms with E-state index in [1.165, 1.54) is 38.5 Å². The molecular weight excluding hydrogens is 284 g/mol. The van der Waals surface area contributed by atoms with Crippen LogP contribution in [0.3, 0.4) is 0 Å². The Bertz CT molecular complexity index is 603. The number of halogens is 1. The lowest BCUT2D eigenvalue weighted by molar-refractivity contribution is 0.335. The molecule has 21 heavy (non-hydrogen) atoms. The average molecular weight is 305 g/mol. The maximum atomic E-state index is 6.07. The Kier molecular flexibility index (Phi) is 4.49. The summed E-state index contributed by atoms with van der Waals surface area (Å²) in [6.07, 6.45) is 8.91. The molecule has 1 aliphatic carbocycles. The number of hydrogen-bond acceptors (Lipinski definition) is 3. The zero-order valence-corrected chi connectivity index (χ0v) is 12.9. The zero-order chi connectivity index (χ0) is 14.7. The number of aromatic nitrogens is 1. The van der Waals surface area contributed by atoms with Gasteiger partial charge in [-0.1, -0.05) is 61.0 Å². The fourth-order valence-corrected chi connectivity index (χ4v) is 3.47. The molecule has 0 bridgehead atoms. The van der Waals surface area contributed by atoms with Crippen LogP contribution in [0.25, 0.3) is 11.1 Å². The van der Waals surface area contributed by atoms with Gasteiger partial charge >= 0.3 is 0 Å². The molecule has 0 spiro atoms. The number of hydrogen-bond donors (Lipinski definition) is 1. The Labute approximate surface area is 130 Å². The van der Waals surface area contributed by atoms with Crippen molar-refractivity contribution in [3.8, 4) is 11.1 Å². The summed E-state index contributed by atoms with van der Waals surface area (Å²) in [4.78, 5) is 0. The van der Waals surface area contributed by atoms with Gasteiger partial charge in [0.2, 0.25) is 5.88 Å². The van der Waals surface area contributed by atoms with Crippen molar-refractivity contribution in [3.05, 3.63) is 35.0 Å². The van der Waals surface area contributed by atoms with E-state index in [1.54, 1.807) is 0 Å². The van der Waals surface area contributed by atoms with Crippen LogP contribution in [-0.2, 0) is 6.42 Å². The van der Waals surface area contributed by atoms with Crippen LogP contribution in [0.5, 0.6) is 0 Å². The molecular formula is C17H21ClN2O. The van der Waals surface area contributed by atoms with Crippen LogP contribution in [0.15, 0.2) is 28.8 Å². The Hall–Kier alpha value is -1.48. The predicted octanol–water partition coefficient (Wildman–Crippen LogP) is 5.09. The van der Waals surface area contributed by atoms with Gasteiger partial charge in [0.1, 0.15) is 0 Å². The third kappa shape index (κ3) is 3.41. The van der Waals surface area contributed by atoms with Crippen molar-refractivity contribution in [1.29, 1.82) is 0 Å². The third-order valence-corrected chi connectivity index (χ3v) is 4.65. The van der Waals surface area contributed by atoms with Crippen molar-refractivity contribution in [3.63, 3.8) is 0 Å². The quantitative estimate of drug-likeness (QED) is 0.856. The standard InChI is InChI=1S/C17H21ClN2O/c18-14-8-4-7-13(11-14)16-15(20-21-17(16)19)10-9-12-5-2-1-3-6-12/h4,7-8,11-12H,1-3,5-6,9-10,19H2. The van der Waals surface area contributed by atoms with E-state index < -0.39 is 0 Å². The number of nitrogens with two attached hydrogens (primary N) is 1. The lowest BCUT2D eigenvalue weighted by Gasteiger charge is -2.20. The molecule has 3 rings (SSSR count). The highest BCUT2D eigenvalue weighted by atomic mass is 35.5. The number of benzene rings is 1. The van der Waals surface area contributed by atoms with Gasteiger partial charge in [-0.15, -0.1) is 0 Å². The average Bonchev–Trinajstić information content (AvgIpc) is 2.87.